The number of nitrogens with zero attached hydrogens (tertiary/aromatic N) is 1. The Morgan fingerprint density at radius 1 is 1.17 bits per heavy atom. The Kier molecular flexibility index (Phi) is 4.84. The maximum Gasteiger partial charge on any atom is 0.294 e. The van der Waals surface area contributed by atoms with Crippen LogP contribution in [0.15, 0.2) is 34.9 Å². The first-order valence-corrected chi connectivity index (χ1v) is 10.4. The lowest BCUT2D eigenvalue weighted by Gasteiger charge is -2.26. The number of anilines is 1. The van der Waals surface area contributed by atoms with E-state index in [1.165, 1.54) is 12.1 Å². The van der Waals surface area contributed by atoms with Crippen LogP contribution in [-0.4, -0.2) is 38.2 Å². The summed E-state index contributed by atoms with van der Waals surface area (Å²) >= 11 is 0. The van der Waals surface area contributed by atoms with Crippen molar-refractivity contribution >= 4 is 25.9 Å². The van der Waals surface area contributed by atoms with Gasteiger partial charge in [-0.2, -0.15) is 16.8 Å². The van der Waals surface area contributed by atoms with E-state index in [-0.39, 0.29) is 17.1 Å². The van der Waals surface area contributed by atoms with Crippen molar-refractivity contribution in [3.05, 3.63) is 35.5 Å². The summed E-state index contributed by atoms with van der Waals surface area (Å²) in [4.78, 5) is 1.73. The summed E-state index contributed by atoms with van der Waals surface area (Å²) in [5.41, 5.74) is 1.90. The van der Waals surface area contributed by atoms with Gasteiger partial charge in [-0.25, -0.2) is 0 Å². The molecule has 2 rings (SSSR count). The van der Waals surface area contributed by atoms with E-state index < -0.39 is 25.7 Å². The van der Waals surface area contributed by atoms with Gasteiger partial charge >= 0.3 is 0 Å². The van der Waals surface area contributed by atoms with Crippen molar-refractivity contribution in [3.63, 3.8) is 0 Å². The van der Waals surface area contributed by atoms with Crippen LogP contribution in [0.25, 0.3) is 0 Å². The van der Waals surface area contributed by atoms with Crippen LogP contribution in [-0.2, 0) is 25.7 Å². The molecule has 1 aromatic carbocycles. The van der Waals surface area contributed by atoms with Crippen molar-refractivity contribution in [2.45, 2.75) is 37.5 Å². The molecule has 0 amide bonds. The first kappa shape index (κ1) is 18.9. The lowest BCUT2D eigenvalue weighted by Crippen LogP contribution is -2.27. The predicted octanol–water partition coefficient (Wildman–Crippen LogP) is 2.21. The van der Waals surface area contributed by atoms with Crippen LogP contribution >= 0.6 is 0 Å². The standard InChI is InChI=1S/C15H21NO6S2/c1-4-14-15(2,3)12-10-11(24(20,21)22)6-7-13(12)16(14)8-5-9-23(17,18)19/h4,6-7,10H,5,8-9H2,1-3H3,(H,17,18,19)(H,20,21,22)/b14-4+. The number of allylic oxidation sites excluding steroid dienone is 2. The van der Waals surface area contributed by atoms with Gasteiger partial charge in [0, 0.05) is 23.3 Å². The average molecular weight is 375 g/mol. The van der Waals surface area contributed by atoms with Gasteiger partial charge in [0.25, 0.3) is 20.2 Å². The summed E-state index contributed by atoms with van der Waals surface area (Å²) < 4.78 is 62.8. The molecule has 134 valence electrons. The minimum Gasteiger partial charge on any atom is -0.344 e. The molecule has 0 spiro atoms. The highest BCUT2D eigenvalue weighted by Crippen LogP contribution is 2.48. The molecule has 9 heteroatoms. The van der Waals surface area contributed by atoms with Crippen LogP contribution in [0.1, 0.15) is 32.8 Å². The molecule has 1 aliphatic rings. The molecule has 0 unspecified atom stereocenters. The molecule has 1 aromatic rings. The topological polar surface area (TPSA) is 112 Å². The first-order chi connectivity index (χ1) is 10.9. The van der Waals surface area contributed by atoms with E-state index in [9.17, 15) is 21.4 Å². The number of rotatable bonds is 5. The summed E-state index contributed by atoms with van der Waals surface area (Å²) in [7, 11) is -8.33. The highest BCUT2D eigenvalue weighted by atomic mass is 32.2. The molecule has 1 aliphatic heterocycles. The van der Waals surface area contributed by atoms with Gasteiger partial charge in [0.05, 0.1) is 10.6 Å². The van der Waals surface area contributed by atoms with E-state index in [0.29, 0.717) is 6.54 Å². The van der Waals surface area contributed by atoms with Crippen molar-refractivity contribution in [1.29, 1.82) is 0 Å². The molecule has 0 saturated carbocycles. The fraction of sp³-hybridized carbons (Fsp3) is 0.467. The summed E-state index contributed by atoms with van der Waals surface area (Å²) in [5.74, 6) is -0.348. The molecule has 2 N–H and O–H groups in total. The lowest BCUT2D eigenvalue weighted by atomic mass is 9.84. The van der Waals surface area contributed by atoms with E-state index in [0.717, 1.165) is 16.9 Å². The molecule has 1 heterocycles. The molecule has 0 aliphatic carbocycles. The lowest BCUT2D eigenvalue weighted by molar-refractivity contribution is 0.479. The monoisotopic (exact) mass is 375 g/mol. The van der Waals surface area contributed by atoms with Gasteiger partial charge in [-0.05, 0) is 37.1 Å². The maximum atomic E-state index is 11.4. The second kappa shape index (κ2) is 6.14. The van der Waals surface area contributed by atoms with Gasteiger partial charge in [0.2, 0.25) is 0 Å². The molecule has 0 radical (unpaired) electrons. The van der Waals surface area contributed by atoms with Crippen molar-refractivity contribution in [1.82, 2.24) is 0 Å². The first-order valence-electron chi connectivity index (χ1n) is 7.39. The Labute approximate surface area is 142 Å². The molecule has 0 bridgehead atoms. The van der Waals surface area contributed by atoms with Crippen molar-refractivity contribution in [2.75, 3.05) is 17.2 Å². The van der Waals surface area contributed by atoms with Gasteiger partial charge in [-0.3, -0.25) is 9.11 Å². The number of benzene rings is 1. The predicted molar refractivity (Wildman–Crippen MR) is 91.4 cm³/mol. The average Bonchev–Trinajstić information content (AvgIpc) is 2.64. The molecule has 0 atom stereocenters. The van der Waals surface area contributed by atoms with Crippen LogP contribution in [0.3, 0.4) is 0 Å². The highest BCUT2D eigenvalue weighted by Gasteiger charge is 2.40. The zero-order valence-corrected chi connectivity index (χ0v) is 15.4. The Morgan fingerprint density at radius 2 is 1.79 bits per heavy atom. The third-order valence-electron chi connectivity index (χ3n) is 4.22. The van der Waals surface area contributed by atoms with Gasteiger partial charge in [-0.1, -0.05) is 19.9 Å². The Morgan fingerprint density at radius 3 is 2.29 bits per heavy atom. The third-order valence-corrected chi connectivity index (χ3v) is 5.87. The minimum absolute atomic E-state index is 0.176. The Hall–Kier alpha value is -1.42. The van der Waals surface area contributed by atoms with E-state index in [4.69, 9.17) is 4.55 Å². The quantitative estimate of drug-likeness (QED) is 0.759. The second-order valence-electron chi connectivity index (χ2n) is 6.24. The number of hydrogen-bond donors (Lipinski definition) is 2. The van der Waals surface area contributed by atoms with Gasteiger partial charge in [-0.15, -0.1) is 0 Å². The molecular formula is C15H21NO6S2. The molecular weight excluding hydrogens is 354 g/mol. The van der Waals surface area contributed by atoms with Gasteiger partial charge < -0.3 is 4.90 Å². The molecule has 0 saturated heterocycles. The smallest absolute Gasteiger partial charge is 0.294 e. The number of hydrogen-bond acceptors (Lipinski definition) is 5. The second-order valence-corrected chi connectivity index (χ2v) is 9.24. The minimum atomic E-state index is -4.30. The van der Waals surface area contributed by atoms with Crippen LogP contribution in [0.4, 0.5) is 5.69 Å². The van der Waals surface area contributed by atoms with Crippen LogP contribution in [0.2, 0.25) is 0 Å². The van der Waals surface area contributed by atoms with Crippen molar-refractivity contribution < 1.29 is 25.9 Å². The summed E-state index contributed by atoms with van der Waals surface area (Å²) in [6, 6.07) is 4.36. The molecule has 0 aromatic heterocycles. The van der Waals surface area contributed by atoms with Crippen molar-refractivity contribution in [3.8, 4) is 0 Å². The van der Waals surface area contributed by atoms with Gasteiger partial charge in [0.15, 0.2) is 0 Å². The number of fused-ring (bicyclic) bond motifs is 1. The van der Waals surface area contributed by atoms with E-state index >= 15 is 0 Å². The summed E-state index contributed by atoms with van der Waals surface area (Å²) in [5, 5.41) is 0. The van der Waals surface area contributed by atoms with Crippen LogP contribution in [0, 0.1) is 0 Å². The fourth-order valence-corrected chi connectivity index (χ4v) is 4.18. The van der Waals surface area contributed by atoms with Crippen LogP contribution < -0.4 is 4.90 Å². The summed E-state index contributed by atoms with van der Waals surface area (Å²) in [6.45, 7) is 6.07. The van der Waals surface area contributed by atoms with Crippen molar-refractivity contribution in [2.24, 2.45) is 0 Å². The zero-order valence-electron chi connectivity index (χ0n) is 13.7. The Balaban J connectivity index is 2.45. The normalized spacial score (nSPS) is 18.9. The van der Waals surface area contributed by atoms with Gasteiger partial charge in [0.1, 0.15) is 0 Å². The maximum absolute atomic E-state index is 11.4. The van der Waals surface area contributed by atoms with Crippen LogP contribution in [0.5, 0.6) is 0 Å². The Bertz CT molecular complexity index is 885. The zero-order chi connectivity index (χ0) is 18.3. The highest BCUT2D eigenvalue weighted by molar-refractivity contribution is 7.86. The third kappa shape index (κ3) is 3.64. The molecule has 24 heavy (non-hydrogen) atoms. The largest absolute Gasteiger partial charge is 0.344 e. The molecule has 0 fully saturated rings. The fourth-order valence-electron chi connectivity index (χ4n) is 3.18. The van der Waals surface area contributed by atoms with E-state index in [1.54, 1.807) is 6.07 Å². The van der Waals surface area contributed by atoms with E-state index in [2.05, 4.69) is 0 Å². The SMILES string of the molecule is C/C=C1/N(CCCS(=O)(=O)O)c2ccc(S(=O)(=O)O)cc2C1(C)C. The molecule has 7 nitrogen and oxygen atoms in total. The summed E-state index contributed by atoms with van der Waals surface area (Å²) in [6.07, 6.45) is 2.12. The van der Waals surface area contributed by atoms with E-state index in [1.807, 2.05) is 31.7 Å².